The smallest absolute Gasteiger partial charge is 0.266 e. The third-order valence-electron chi connectivity index (χ3n) is 4.53. The number of para-hydroxylation sites is 1. The van der Waals surface area contributed by atoms with Crippen molar-refractivity contribution < 1.29 is 4.52 Å². The summed E-state index contributed by atoms with van der Waals surface area (Å²) in [6.07, 6.45) is 1.72. The SMILES string of the molecule is CCCc1noc(CSc2nc3ccccc3c(=O)n2-c2cccc(Cl)c2C)n1. The van der Waals surface area contributed by atoms with Gasteiger partial charge in [-0.3, -0.25) is 9.36 Å². The summed E-state index contributed by atoms with van der Waals surface area (Å²) in [5, 5.41) is 5.69. The van der Waals surface area contributed by atoms with Gasteiger partial charge in [-0.2, -0.15) is 4.98 Å². The van der Waals surface area contributed by atoms with Gasteiger partial charge in [0.05, 0.1) is 22.3 Å². The van der Waals surface area contributed by atoms with E-state index in [1.807, 2.05) is 37.3 Å². The molecule has 4 aromatic rings. The molecule has 29 heavy (non-hydrogen) atoms. The van der Waals surface area contributed by atoms with E-state index in [-0.39, 0.29) is 5.56 Å². The van der Waals surface area contributed by atoms with Crippen LogP contribution in [0.5, 0.6) is 0 Å². The first-order chi connectivity index (χ1) is 14.1. The number of thioether (sulfide) groups is 1. The average molecular weight is 427 g/mol. The van der Waals surface area contributed by atoms with Crippen LogP contribution in [0.1, 0.15) is 30.6 Å². The summed E-state index contributed by atoms with van der Waals surface area (Å²) in [4.78, 5) is 22.5. The van der Waals surface area contributed by atoms with E-state index in [2.05, 4.69) is 17.1 Å². The number of aryl methyl sites for hydroxylation is 1. The standard InChI is InChI=1S/C21H19ClN4O2S/c1-3-7-18-24-19(28-25-18)12-29-21-23-16-10-5-4-8-14(16)20(27)26(21)17-11-6-9-15(22)13(17)2/h4-6,8-11H,3,7,12H2,1-2H3. The van der Waals surface area contributed by atoms with Gasteiger partial charge in [-0.1, -0.05) is 53.6 Å². The molecule has 148 valence electrons. The van der Waals surface area contributed by atoms with E-state index in [1.165, 1.54) is 11.8 Å². The zero-order chi connectivity index (χ0) is 20.4. The van der Waals surface area contributed by atoms with E-state index in [1.54, 1.807) is 16.7 Å². The van der Waals surface area contributed by atoms with E-state index in [4.69, 9.17) is 21.1 Å². The number of hydrogen-bond acceptors (Lipinski definition) is 6. The van der Waals surface area contributed by atoms with Gasteiger partial charge < -0.3 is 4.52 Å². The molecule has 0 radical (unpaired) electrons. The Kier molecular flexibility index (Phi) is 5.69. The molecule has 0 bridgehead atoms. The Balaban J connectivity index is 1.81. The number of nitrogens with zero attached hydrogens (tertiary/aromatic N) is 4. The third-order valence-corrected chi connectivity index (χ3v) is 5.87. The first-order valence-corrected chi connectivity index (χ1v) is 10.7. The molecule has 0 amide bonds. The van der Waals surface area contributed by atoms with Crippen LogP contribution in [0.25, 0.3) is 16.6 Å². The Morgan fingerprint density at radius 3 is 2.79 bits per heavy atom. The van der Waals surface area contributed by atoms with Gasteiger partial charge in [0.25, 0.3) is 5.56 Å². The van der Waals surface area contributed by atoms with E-state index in [9.17, 15) is 4.79 Å². The monoisotopic (exact) mass is 426 g/mol. The maximum atomic E-state index is 13.3. The molecule has 8 heteroatoms. The fourth-order valence-electron chi connectivity index (χ4n) is 3.06. The largest absolute Gasteiger partial charge is 0.338 e. The molecular weight excluding hydrogens is 408 g/mol. The maximum Gasteiger partial charge on any atom is 0.266 e. The van der Waals surface area contributed by atoms with Crippen LogP contribution < -0.4 is 5.56 Å². The van der Waals surface area contributed by atoms with Gasteiger partial charge in [0.2, 0.25) is 5.89 Å². The number of aromatic nitrogens is 4. The summed E-state index contributed by atoms with van der Waals surface area (Å²) in [5.41, 5.74) is 2.03. The van der Waals surface area contributed by atoms with Gasteiger partial charge >= 0.3 is 0 Å². The Bertz CT molecular complexity index is 1240. The second kappa shape index (κ2) is 8.39. The van der Waals surface area contributed by atoms with Crippen molar-refractivity contribution >= 4 is 34.3 Å². The van der Waals surface area contributed by atoms with Crippen molar-refractivity contribution in [3.05, 3.63) is 75.1 Å². The molecule has 0 N–H and O–H groups in total. The van der Waals surface area contributed by atoms with Crippen molar-refractivity contribution in [2.45, 2.75) is 37.6 Å². The van der Waals surface area contributed by atoms with Gasteiger partial charge in [-0.25, -0.2) is 4.98 Å². The van der Waals surface area contributed by atoms with Gasteiger partial charge in [0, 0.05) is 11.4 Å². The average Bonchev–Trinajstić information content (AvgIpc) is 3.17. The summed E-state index contributed by atoms with van der Waals surface area (Å²) in [5.74, 6) is 1.62. The van der Waals surface area contributed by atoms with Crippen molar-refractivity contribution in [2.75, 3.05) is 0 Å². The molecule has 0 aliphatic heterocycles. The van der Waals surface area contributed by atoms with E-state index >= 15 is 0 Å². The molecule has 4 rings (SSSR count). The highest BCUT2D eigenvalue weighted by atomic mass is 35.5. The van der Waals surface area contributed by atoms with Gasteiger partial charge in [-0.05, 0) is 43.2 Å². The molecule has 2 heterocycles. The van der Waals surface area contributed by atoms with Crippen LogP contribution >= 0.6 is 23.4 Å². The van der Waals surface area contributed by atoms with Crippen LogP contribution in [0.3, 0.4) is 0 Å². The lowest BCUT2D eigenvalue weighted by atomic mass is 10.2. The summed E-state index contributed by atoms with van der Waals surface area (Å²) < 4.78 is 6.94. The number of fused-ring (bicyclic) bond motifs is 1. The molecular formula is C21H19ClN4O2S. The van der Waals surface area contributed by atoms with Crippen LogP contribution in [0.4, 0.5) is 0 Å². The zero-order valence-electron chi connectivity index (χ0n) is 16.1. The molecule has 0 aliphatic rings. The van der Waals surface area contributed by atoms with Crippen LogP contribution in [0.2, 0.25) is 5.02 Å². The number of halogens is 1. The van der Waals surface area contributed by atoms with Crippen LogP contribution in [0, 0.1) is 6.92 Å². The fraction of sp³-hybridized carbons (Fsp3) is 0.238. The molecule has 2 aromatic carbocycles. The second-order valence-electron chi connectivity index (χ2n) is 6.58. The summed E-state index contributed by atoms with van der Waals surface area (Å²) in [6, 6.07) is 12.8. The predicted molar refractivity (Wildman–Crippen MR) is 115 cm³/mol. The van der Waals surface area contributed by atoms with Crippen molar-refractivity contribution in [3.8, 4) is 5.69 Å². The minimum atomic E-state index is -0.138. The van der Waals surface area contributed by atoms with Crippen molar-refractivity contribution in [1.82, 2.24) is 19.7 Å². The molecule has 0 spiro atoms. The highest BCUT2D eigenvalue weighted by Crippen LogP contribution is 2.28. The van der Waals surface area contributed by atoms with Crippen LogP contribution in [-0.2, 0) is 12.2 Å². The first-order valence-electron chi connectivity index (χ1n) is 9.30. The van der Waals surface area contributed by atoms with E-state index in [0.29, 0.717) is 44.2 Å². The molecule has 6 nitrogen and oxygen atoms in total. The molecule has 0 aliphatic carbocycles. The third kappa shape index (κ3) is 3.93. The highest BCUT2D eigenvalue weighted by Gasteiger charge is 2.17. The molecule has 0 saturated heterocycles. The van der Waals surface area contributed by atoms with Crippen molar-refractivity contribution in [1.29, 1.82) is 0 Å². The van der Waals surface area contributed by atoms with Crippen LogP contribution in [-0.4, -0.2) is 19.7 Å². The Morgan fingerprint density at radius 1 is 1.14 bits per heavy atom. The lowest BCUT2D eigenvalue weighted by Crippen LogP contribution is -2.22. The lowest BCUT2D eigenvalue weighted by molar-refractivity contribution is 0.384. The zero-order valence-corrected chi connectivity index (χ0v) is 17.6. The maximum absolute atomic E-state index is 13.3. The van der Waals surface area contributed by atoms with Gasteiger partial charge in [0.15, 0.2) is 11.0 Å². The Morgan fingerprint density at radius 2 is 1.97 bits per heavy atom. The molecule has 0 saturated carbocycles. The second-order valence-corrected chi connectivity index (χ2v) is 7.93. The Hall–Kier alpha value is -2.64. The highest BCUT2D eigenvalue weighted by molar-refractivity contribution is 7.98. The van der Waals surface area contributed by atoms with Gasteiger partial charge in [0.1, 0.15) is 0 Å². The minimum Gasteiger partial charge on any atom is -0.338 e. The van der Waals surface area contributed by atoms with E-state index < -0.39 is 0 Å². The normalized spacial score (nSPS) is 11.3. The lowest BCUT2D eigenvalue weighted by Gasteiger charge is -2.15. The Labute approximate surface area is 176 Å². The van der Waals surface area contributed by atoms with Crippen LogP contribution in [0.15, 0.2) is 56.9 Å². The molecule has 0 atom stereocenters. The minimum absolute atomic E-state index is 0.138. The summed E-state index contributed by atoms with van der Waals surface area (Å²) in [6.45, 7) is 3.96. The summed E-state index contributed by atoms with van der Waals surface area (Å²) in [7, 11) is 0. The predicted octanol–water partition coefficient (Wildman–Crippen LogP) is 4.98. The molecule has 0 unspecified atom stereocenters. The van der Waals surface area contributed by atoms with Crippen molar-refractivity contribution in [3.63, 3.8) is 0 Å². The molecule has 2 aromatic heterocycles. The molecule has 0 fully saturated rings. The number of hydrogen-bond donors (Lipinski definition) is 0. The first kappa shape index (κ1) is 19.7. The number of benzene rings is 2. The quantitative estimate of drug-likeness (QED) is 0.320. The van der Waals surface area contributed by atoms with Crippen molar-refractivity contribution in [2.24, 2.45) is 0 Å². The van der Waals surface area contributed by atoms with Gasteiger partial charge in [-0.15, -0.1) is 0 Å². The topological polar surface area (TPSA) is 73.8 Å². The van der Waals surface area contributed by atoms with E-state index in [0.717, 1.165) is 18.4 Å². The number of rotatable bonds is 6. The fourth-order valence-corrected chi connectivity index (χ4v) is 4.07. The summed E-state index contributed by atoms with van der Waals surface area (Å²) >= 11 is 7.70.